The fraction of sp³-hybridized carbons (Fsp3) is 1.00. The van der Waals surface area contributed by atoms with Gasteiger partial charge in [-0.25, -0.2) is 4.39 Å². The summed E-state index contributed by atoms with van der Waals surface area (Å²) in [6.45, 7) is 0. The Hall–Kier alpha value is -0.190. The van der Waals surface area contributed by atoms with Crippen LogP contribution in [0.5, 0.6) is 0 Å². The van der Waals surface area contributed by atoms with Crippen molar-refractivity contribution in [2.75, 3.05) is 0 Å². The van der Waals surface area contributed by atoms with E-state index in [1.54, 1.807) is 0 Å². The molecule has 4 heteroatoms. The van der Waals surface area contributed by atoms with Crippen LogP contribution >= 0.6 is 0 Å². The quantitative estimate of drug-likeness (QED) is 0.424. The fourth-order valence-corrected chi connectivity index (χ4v) is 1.33. The van der Waals surface area contributed by atoms with E-state index in [2.05, 4.69) is 0 Å². The van der Waals surface area contributed by atoms with Gasteiger partial charge in [-0.1, -0.05) is 0 Å². The standard InChI is InChI=1S/C7H14FNO2/c8-5-3-4(10)1-2-6(11)7(5)9/h4-7,10-11H,1-3,9H2. The lowest BCUT2D eigenvalue weighted by Crippen LogP contribution is -2.41. The smallest absolute Gasteiger partial charge is 0.120 e. The topological polar surface area (TPSA) is 66.5 Å². The Labute approximate surface area is 65.0 Å². The van der Waals surface area contributed by atoms with Crippen molar-refractivity contribution in [2.45, 2.75) is 43.7 Å². The van der Waals surface area contributed by atoms with E-state index in [1.807, 2.05) is 0 Å². The highest BCUT2D eigenvalue weighted by Crippen LogP contribution is 2.19. The highest BCUT2D eigenvalue weighted by molar-refractivity contribution is 4.85. The Bertz CT molecular complexity index is 134. The second kappa shape index (κ2) is 3.47. The summed E-state index contributed by atoms with van der Waals surface area (Å²) in [5.41, 5.74) is 5.35. The summed E-state index contributed by atoms with van der Waals surface area (Å²) in [6, 6.07) is -0.827. The van der Waals surface area contributed by atoms with Crippen molar-refractivity contribution in [3.05, 3.63) is 0 Å². The summed E-state index contributed by atoms with van der Waals surface area (Å²) in [5, 5.41) is 18.3. The van der Waals surface area contributed by atoms with Crippen molar-refractivity contribution in [3.63, 3.8) is 0 Å². The SMILES string of the molecule is NC1C(O)CCC(O)CC1F. The molecule has 0 amide bonds. The van der Waals surface area contributed by atoms with Gasteiger partial charge in [-0.2, -0.15) is 0 Å². The highest BCUT2D eigenvalue weighted by atomic mass is 19.1. The van der Waals surface area contributed by atoms with Gasteiger partial charge in [0.1, 0.15) is 6.17 Å². The van der Waals surface area contributed by atoms with Crippen molar-refractivity contribution in [3.8, 4) is 0 Å². The number of aliphatic hydroxyl groups is 2. The van der Waals surface area contributed by atoms with E-state index in [1.165, 1.54) is 0 Å². The summed E-state index contributed by atoms with van der Waals surface area (Å²) in [4.78, 5) is 0. The van der Waals surface area contributed by atoms with E-state index < -0.39 is 24.4 Å². The van der Waals surface area contributed by atoms with Gasteiger partial charge in [-0.3, -0.25) is 0 Å². The lowest BCUT2D eigenvalue weighted by Gasteiger charge is -2.17. The number of rotatable bonds is 0. The summed E-state index contributed by atoms with van der Waals surface area (Å²) < 4.78 is 12.9. The maximum Gasteiger partial charge on any atom is 0.120 e. The molecule has 1 fully saturated rings. The van der Waals surface area contributed by atoms with Gasteiger partial charge in [0.15, 0.2) is 0 Å². The van der Waals surface area contributed by atoms with Gasteiger partial charge >= 0.3 is 0 Å². The van der Waals surface area contributed by atoms with E-state index in [9.17, 15) is 4.39 Å². The molecular weight excluding hydrogens is 149 g/mol. The third-order valence-electron chi connectivity index (χ3n) is 2.15. The predicted octanol–water partition coefficient (Wildman–Crippen LogP) is -0.443. The van der Waals surface area contributed by atoms with Crippen LogP contribution in [0.15, 0.2) is 0 Å². The molecule has 0 aromatic carbocycles. The molecule has 1 aliphatic rings. The maximum absolute atomic E-state index is 12.9. The van der Waals surface area contributed by atoms with Crippen LogP contribution in [0.25, 0.3) is 0 Å². The molecule has 11 heavy (non-hydrogen) atoms. The molecule has 0 aromatic heterocycles. The third-order valence-corrected chi connectivity index (χ3v) is 2.15. The number of nitrogens with two attached hydrogens (primary N) is 1. The minimum atomic E-state index is -1.28. The van der Waals surface area contributed by atoms with E-state index >= 15 is 0 Å². The molecule has 66 valence electrons. The Kier molecular flexibility index (Phi) is 2.81. The molecule has 1 rings (SSSR count). The van der Waals surface area contributed by atoms with Gasteiger partial charge in [-0.15, -0.1) is 0 Å². The van der Waals surface area contributed by atoms with Crippen LogP contribution in [-0.4, -0.2) is 34.6 Å². The van der Waals surface area contributed by atoms with Crippen LogP contribution in [0, 0.1) is 0 Å². The van der Waals surface area contributed by atoms with Crippen molar-refractivity contribution in [2.24, 2.45) is 5.73 Å². The minimum Gasteiger partial charge on any atom is -0.393 e. The number of hydrogen-bond donors (Lipinski definition) is 3. The predicted molar refractivity (Wildman–Crippen MR) is 38.7 cm³/mol. The summed E-state index contributed by atoms with van der Waals surface area (Å²) >= 11 is 0. The van der Waals surface area contributed by atoms with E-state index in [0.29, 0.717) is 12.8 Å². The molecular formula is C7H14FNO2. The zero-order chi connectivity index (χ0) is 8.43. The Balaban J connectivity index is 2.53. The fourth-order valence-electron chi connectivity index (χ4n) is 1.33. The highest BCUT2D eigenvalue weighted by Gasteiger charge is 2.30. The van der Waals surface area contributed by atoms with Gasteiger partial charge in [0, 0.05) is 6.42 Å². The van der Waals surface area contributed by atoms with Gasteiger partial charge < -0.3 is 15.9 Å². The molecule has 3 nitrogen and oxygen atoms in total. The van der Waals surface area contributed by atoms with Gasteiger partial charge in [-0.05, 0) is 12.8 Å². The molecule has 1 saturated carbocycles. The van der Waals surface area contributed by atoms with Crippen molar-refractivity contribution < 1.29 is 14.6 Å². The van der Waals surface area contributed by atoms with Crippen LogP contribution in [0.2, 0.25) is 0 Å². The van der Waals surface area contributed by atoms with Crippen LogP contribution < -0.4 is 5.73 Å². The normalized spacial score (nSPS) is 46.9. The molecule has 4 unspecified atom stereocenters. The molecule has 0 spiro atoms. The maximum atomic E-state index is 12.9. The molecule has 0 aliphatic heterocycles. The lowest BCUT2D eigenvalue weighted by molar-refractivity contribution is 0.0993. The molecule has 4 N–H and O–H groups in total. The van der Waals surface area contributed by atoms with Crippen molar-refractivity contribution in [1.29, 1.82) is 0 Å². The third kappa shape index (κ3) is 2.12. The average Bonchev–Trinajstić information content (AvgIpc) is 2.05. The molecule has 0 radical (unpaired) electrons. The van der Waals surface area contributed by atoms with Crippen LogP contribution in [0.1, 0.15) is 19.3 Å². The summed E-state index contributed by atoms with van der Waals surface area (Å²) in [7, 11) is 0. The van der Waals surface area contributed by atoms with E-state index in [4.69, 9.17) is 15.9 Å². The largest absolute Gasteiger partial charge is 0.393 e. The zero-order valence-electron chi connectivity index (χ0n) is 6.28. The molecule has 0 aromatic rings. The van der Waals surface area contributed by atoms with Gasteiger partial charge in [0.2, 0.25) is 0 Å². The number of halogens is 1. The zero-order valence-corrected chi connectivity index (χ0v) is 6.28. The van der Waals surface area contributed by atoms with Crippen LogP contribution in [-0.2, 0) is 0 Å². The monoisotopic (exact) mass is 163 g/mol. The number of alkyl halides is 1. The number of hydrogen-bond acceptors (Lipinski definition) is 3. The molecule has 0 bridgehead atoms. The Morgan fingerprint density at radius 1 is 1.27 bits per heavy atom. The van der Waals surface area contributed by atoms with Crippen LogP contribution in [0.4, 0.5) is 4.39 Å². The first-order valence-electron chi connectivity index (χ1n) is 3.87. The van der Waals surface area contributed by atoms with E-state index in [0.717, 1.165) is 0 Å². The minimum absolute atomic E-state index is 0.0538. The Morgan fingerprint density at radius 3 is 2.55 bits per heavy atom. The lowest BCUT2D eigenvalue weighted by atomic mass is 10.1. The molecule has 0 saturated heterocycles. The first-order chi connectivity index (χ1) is 5.11. The molecule has 0 heterocycles. The molecule has 1 aliphatic carbocycles. The average molecular weight is 163 g/mol. The van der Waals surface area contributed by atoms with Crippen LogP contribution in [0.3, 0.4) is 0 Å². The first-order valence-corrected chi connectivity index (χ1v) is 3.87. The van der Waals surface area contributed by atoms with Crippen molar-refractivity contribution in [1.82, 2.24) is 0 Å². The second-order valence-electron chi connectivity index (χ2n) is 3.13. The Morgan fingerprint density at radius 2 is 1.91 bits per heavy atom. The summed E-state index contributed by atoms with van der Waals surface area (Å²) in [6.07, 6.45) is -1.84. The van der Waals surface area contributed by atoms with Crippen molar-refractivity contribution >= 4 is 0 Å². The second-order valence-corrected chi connectivity index (χ2v) is 3.13. The van der Waals surface area contributed by atoms with Gasteiger partial charge in [0.05, 0.1) is 18.2 Å². The number of aliphatic hydroxyl groups excluding tert-OH is 2. The molecule has 4 atom stereocenters. The first kappa shape index (κ1) is 8.90. The van der Waals surface area contributed by atoms with Gasteiger partial charge in [0.25, 0.3) is 0 Å². The summed E-state index contributed by atoms with van der Waals surface area (Å²) in [5.74, 6) is 0. The van der Waals surface area contributed by atoms with E-state index in [-0.39, 0.29) is 6.42 Å².